The Labute approximate surface area is 166 Å². The maximum Gasteiger partial charge on any atom is 0.251 e. The first-order valence-corrected chi connectivity index (χ1v) is 9.51. The third-order valence-electron chi connectivity index (χ3n) is 3.72. The van der Waals surface area contributed by atoms with Crippen molar-refractivity contribution in [1.82, 2.24) is 5.32 Å². The lowest BCUT2D eigenvalue weighted by molar-refractivity contribution is -0.114. The molecule has 6 nitrogen and oxygen atoms in total. The molecule has 0 fully saturated rings. The Kier molecular flexibility index (Phi) is 7.87. The number of carbonyl (C=O) groups is 2. The smallest absolute Gasteiger partial charge is 0.251 e. The summed E-state index contributed by atoms with van der Waals surface area (Å²) in [5, 5.41) is 8.74. The number of hydrogen-bond donors (Lipinski definition) is 3. The molecular weight excluding hydrogens is 354 g/mol. The van der Waals surface area contributed by atoms with Crippen LogP contribution in [0.25, 0.3) is 0 Å². The van der Waals surface area contributed by atoms with Gasteiger partial charge < -0.3 is 20.7 Å². The number of ether oxygens (including phenoxy) is 1. The monoisotopic (exact) mass is 383 g/mol. The Hall–Kier alpha value is -3.02. The molecule has 0 bridgehead atoms. The van der Waals surface area contributed by atoms with Crippen molar-refractivity contribution in [2.75, 3.05) is 23.8 Å². The molecule has 0 radical (unpaired) electrons. The summed E-state index contributed by atoms with van der Waals surface area (Å²) in [6, 6.07) is 14.5. The second kappa shape index (κ2) is 10.3. The SMILES string of the molecule is CC(C)COc1cccc(NC(=O)CNc2ccc(C(=O)NC(C)C)cc2)c1. The normalized spacial score (nSPS) is 10.6. The fourth-order valence-corrected chi connectivity index (χ4v) is 2.40. The molecule has 0 spiro atoms. The van der Waals surface area contributed by atoms with Crippen LogP contribution >= 0.6 is 0 Å². The van der Waals surface area contributed by atoms with E-state index in [1.54, 1.807) is 24.3 Å². The maximum atomic E-state index is 12.2. The molecule has 150 valence electrons. The molecule has 0 aliphatic heterocycles. The van der Waals surface area contributed by atoms with Gasteiger partial charge in [-0.2, -0.15) is 0 Å². The minimum Gasteiger partial charge on any atom is -0.493 e. The lowest BCUT2D eigenvalue weighted by Crippen LogP contribution is -2.30. The van der Waals surface area contributed by atoms with Crippen LogP contribution in [0, 0.1) is 5.92 Å². The topological polar surface area (TPSA) is 79.5 Å². The lowest BCUT2D eigenvalue weighted by atomic mass is 10.2. The number of benzene rings is 2. The van der Waals surface area contributed by atoms with E-state index in [0.717, 1.165) is 11.4 Å². The van der Waals surface area contributed by atoms with Crippen LogP contribution in [0.4, 0.5) is 11.4 Å². The Morgan fingerprint density at radius 2 is 1.68 bits per heavy atom. The molecule has 2 aromatic rings. The fraction of sp³-hybridized carbons (Fsp3) is 0.364. The predicted octanol–water partition coefficient (Wildman–Crippen LogP) is 3.91. The van der Waals surface area contributed by atoms with Crippen molar-refractivity contribution in [2.24, 2.45) is 5.92 Å². The van der Waals surface area contributed by atoms with Gasteiger partial charge in [-0.3, -0.25) is 9.59 Å². The lowest BCUT2D eigenvalue weighted by Gasteiger charge is -2.12. The maximum absolute atomic E-state index is 12.2. The second-order valence-corrected chi connectivity index (χ2v) is 7.34. The van der Waals surface area contributed by atoms with Gasteiger partial charge in [-0.15, -0.1) is 0 Å². The molecule has 2 amide bonds. The van der Waals surface area contributed by atoms with Gasteiger partial charge in [0.15, 0.2) is 0 Å². The molecule has 0 atom stereocenters. The zero-order valence-electron chi connectivity index (χ0n) is 16.9. The Balaban J connectivity index is 1.84. The van der Waals surface area contributed by atoms with Crippen molar-refractivity contribution in [2.45, 2.75) is 33.7 Å². The van der Waals surface area contributed by atoms with Crippen LogP contribution in [0.1, 0.15) is 38.1 Å². The number of anilines is 2. The Bertz CT molecular complexity index is 786. The van der Waals surface area contributed by atoms with Gasteiger partial charge in [-0.25, -0.2) is 0 Å². The van der Waals surface area contributed by atoms with Gasteiger partial charge in [-0.1, -0.05) is 19.9 Å². The Morgan fingerprint density at radius 1 is 0.964 bits per heavy atom. The summed E-state index contributed by atoms with van der Waals surface area (Å²) >= 11 is 0. The van der Waals surface area contributed by atoms with Crippen molar-refractivity contribution in [3.8, 4) is 5.75 Å². The molecule has 0 aliphatic carbocycles. The van der Waals surface area contributed by atoms with Crippen molar-refractivity contribution < 1.29 is 14.3 Å². The van der Waals surface area contributed by atoms with E-state index in [1.165, 1.54) is 0 Å². The van der Waals surface area contributed by atoms with Crippen molar-refractivity contribution in [3.63, 3.8) is 0 Å². The Morgan fingerprint density at radius 3 is 2.32 bits per heavy atom. The van der Waals surface area contributed by atoms with Gasteiger partial charge >= 0.3 is 0 Å². The third kappa shape index (κ3) is 7.31. The first kappa shape index (κ1) is 21.3. The van der Waals surface area contributed by atoms with E-state index in [0.29, 0.717) is 23.8 Å². The minimum atomic E-state index is -0.164. The summed E-state index contributed by atoms with van der Waals surface area (Å²) in [7, 11) is 0. The van der Waals surface area contributed by atoms with Crippen LogP contribution in [0.5, 0.6) is 5.75 Å². The number of amides is 2. The van der Waals surface area contributed by atoms with E-state index < -0.39 is 0 Å². The quantitative estimate of drug-likeness (QED) is 0.613. The zero-order valence-corrected chi connectivity index (χ0v) is 16.9. The third-order valence-corrected chi connectivity index (χ3v) is 3.72. The molecule has 0 saturated carbocycles. The average molecular weight is 383 g/mol. The molecule has 6 heteroatoms. The van der Waals surface area contributed by atoms with Crippen LogP contribution in [0.15, 0.2) is 48.5 Å². The van der Waals surface area contributed by atoms with E-state index in [-0.39, 0.29) is 24.4 Å². The molecule has 0 aliphatic rings. The van der Waals surface area contributed by atoms with E-state index >= 15 is 0 Å². The van der Waals surface area contributed by atoms with Crippen LogP contribution in [0.3, 0.4) is 0 Å². The molecule has 3 N–H and O–H groups in total. The highest BCUT2D eigenvalue weighted by molar-refractivity contribution is 5.95. The van der Waals surface area contributed by atoms with E-state index in [1.807, 2.05) is 38.1 Å². The summed E-state index contributed by atoms with van der Waals surface area (Å²) in [6.07, 6.45) is 0. The summed E-state index contributed by atoms with van der Waals surface area (Å²) in [5.74, 6) is 0.890. The largest absolute Gasteiger partial charge is 0.493 e. The first-order valence-electron chi connectivity index (χ1n) is 9.51. The number of carbonyl (C=O) groups excluding carboxylic acids is 2. The van der Waals surface area contributed by atoms with Gasteiger partial charge in [0.05, 0.1) is 13.2 Å². The number of nitrogens with one attached hydrogen (secondary N) is 3. The van der Waals surface area contributed by atoms with Gasteiger partial charge in [0.2, 0.25) is 5.91 Å². The fourth-order valence-electron chi connectivity index (χ4n) is 2.40. The highest BCUT2D eigenvalue weighted by Gasteiger charge is 2.07. The molecule has 0 unspecified atom stereocenters. The van der Waals surface area contributed by atoms with Gasteiger partial charge in [-0.05, 0) is 56.2 Å². The van der Waals surface area contributed by atoms with E-state index in [9.17, 15) is 9.59 Å². The molecular formula is C22H29N3O3. The van der Waals surface area contributed by atoms with Crippen LogP contribution < -0.4 is 20.7 Å². The number of hydrogen-bond acceptors (Lipinski definition) is 4. The standard InChI is InChI=1S/C22H29N3O3/c1-15(2)14-28-20-7-5-6-19(12-20)25-21(26)13-23-18-10-8-17(9-11-18)22(27)24-16(3)4/h5-12,15-16,23H,13-14H2,1-4H3,(H,24,27)(H,25,26). The van der Waals surface area contributed by atoms with E-state index in [2.05, 4.69) is 29.8 Å². The predicted molar refractivity (Wildman–Crippen MR) is 113 cm³/mol. The van der Waals surface area contributed by atoms with Crippen molar-refractivity contribution >= 4 is 23.2 Å². The van der Waals surface area contributed by atoms with Crippen LogP contribution in [-0.4, -0.2) is 31.0 Å². The average Bonchev–Trinajstić information content (AvgIpc) is 2.65. The van der Waals surface area contributed by atoms with Crippen LogP contribution in [-0.2, 0) is 4.79 Å². The zero-order chi connectivity index (χ0) is 20.5. The molecule has 0 heterocycles. The summed E-state index contributed by atoms with van der Waals surface area (Å²) in [4.78, 5) is 24.1. The number of rotatable bonds is 9. The van der Waals surface area contributed by atoms with Crippen molar-refractivity contribution in [1.29, 1.82) is 0 Å². The van der Waals surface area contributed by atoms with Gasteiger partial charge in [0.1, 0.15) is 5.75 Å². The summed E-state index contributed by atoms with van der Waals surface area (Å²) in [5.41, 5.74) is 2.04. The molecule has 2 rings (SSSR count). The van der Waals surface area contributed by atoms with Gasteiger partial charge in [0.25, 0.3) is 5.91 Å². The molecule has 0 saturated heterocycles. The summed E-state index contributed by atoms with van der Waals surface area (Å²) < 4.78 is 5.67. The second-order valence-electron chi connectivity index (χ2n) is 7.34. The van der Waals surface area contributed by atoms with Crippen LogP contribution in [0.2, 0.25) is 0 Å². The molecule has 0 aromatic heterocycles. The molecule has 28 heavy (non-hydrogen) atoms. The minimum absolute atomic E-state index is 0.0864. The van der Waals surface area contributed by atoms with Crippen molar-refractivity contribution in [3.05, 3.63) is 54.1 Å². The van der Waals surface area contributed by atoms with Gasteiger partial charge in [0, 0.05) is 29.0 Å². The molecule has 2 aromatic carbocycles. The highest BCUT2D eigenvalue weighted by atomic mass is 16.5. The highest BCUT2D eigenvalue weighted by Crippen LogP contribution is 2.18. The first-order chi connectivity index (χ1) is 13.3. The summed E-state index contributed by atoms with van der Waals surface area (Å²) in [6.45, 7) is 8.75. The van der Waals surface area contributed by atoms with E-state index in [4.69, 9.17) is 4.74 Å².